The van der Waals surface area contributed by atoms with Crippen LogP contribution in [-0.2, 0) is 4.74 Å². The van der Waals surface area contributed by atoms with Crippen molar-refractivity contribution in [1.29, 1.82) is 0 Å². The summed E-state index contributed by atoms with van der Waals surface area (Å²) >= 11 is 0. The van der Waals surface area contributed by atoms with Gasteiger partial charge in [-0.25, -0.2) is 37.5 Å². The van der Waals surface area contributed by atoms with Crippen molar-refractivity contribution in [2.75, 3.05) is 13.2 Å². The Morgan fingerprint density at radius 3 is 2.27 bits per heavy atom. The molecule has 2 fully saturated rings. The van der Waals surface area contributed by atoms with Crippen LogP contribution in [0.4, 0.5) is 17.6 Å². The highest BCUT2D eigenvalue weighted by atomic mass is 19.3. The van der Waals surface area contributed by atoms with Crippen molar-refractivity contribution >= 4 is 11.2 Å². The standard InChI is InChI=1S/C14H10F2N4.C7H8F2N2.C5H10O/c1-7-8(2)20-14-13(19-7)12(17-6-18-14)10-4-3-9(15)5-11(10)16;8-7(9)4-6(5-7)11-3-1-2-10-11;1-2-4-6-5-3-1/h3-6H,1-2H3;1-3,6H,4-5H2;1-5H2. The maximum atomic E-state index is 13.9. The topological polar surface area (TPSA) is 78.6 Å². The van der Waals surface area contributed by atoms with Crippen molar-refractivity contribution in [2.45, 2.75) is 57.9 Å². The summed E-state index contributed by atoms with van der Waals surface area (Å²) in [6.07, 6.45) is 8.43. The molecule has 1 saturated carbocycles. The number of alkyl halides is 2. The quantitative estimate of drug-likeness (QED) is 0.303. The van der Waals surface area contributed by atoms with Crippen LogP contribution in [0.3, 0.4) is 0 Å². The number of benzene rings is 1. The number of hydrogen-bond donors (Lipinski definition) is 0. The maximum Gasteiger partial charge on any atom is 0.252 e. The molecule has 1 aliphatic heterocycles. The van der Waals surface area contributed by atoms with E-state index in [4.69, 9.17) is 4.74 Å². The van der Waals surface area contributed by atoms with Crippen LogP contribution >= 0.6 is 0 Å². The molecule has 2 aliphatic rings. The van der Waals surface area contributed by atoms with Gasteiger partial charge in [-0.3, -0.25) is 4.68 Å². The predicted molar refractivity (Wildman–Crippen MR) is 130 cm³/mol. The van der Waals surface area contributed by atoms with Crippen LogP contribution in [0, 0.1) is 25.5 Å². The maximum absolute atomic E-state index is 13.9. The van der Waals surface area contributed by atoms with Gasteiger partial charge in [-0.15, -0.1) is 0 Å². The van der Waals surface area contributed by atoms with E-state index in [0.717, 1.165) is 30.7 Å². The first-order valence-corrected chi connectivity index (χ1v) is 12.1. The largest absolute Gasteiger partial charge is 0.381 e. The van der Waals surface area contributed by atoms with Crippen LogP contribution in [0.1, 0.15) is 49.5 Å². The Kier molecular flexibility index (Phi) is 8.42. The second-order valence-electron chi connectivity index (χ2n) is 8.99. The average Bonchev–Trinajstić information content (AvgIpc) is 3.40. The fraction of sp³-hybridized carbons (Fsp3) is 0.423. The summed E-state index contributed by atoms with van der Waals surface area (Å²) < 4.78 is 58.2. The fourth-order valence-electron chi connectivity index (χ4n) is 3.92. The predicted octanol–water partition coefficient (Wildman–Crippen LogP) is 6.02. The molecule has 196 valence electrons. The van der Waals surface area contributed by atoms with Crippen molar-refractivity contribution in [3.63, 3.8) is 0 Å². The zero-order valence-corrected chi connectivity index (χ0v) is 20.7. The lowest BCUT2D eigenvalue weighted by atomic mass is 9.88. The van der Waals surface area contributed by atoms with Crippen molar-refractivity contribution in [3.05, 3.63) is 66.0 Å². The van der Waals surface area contributed by atoms with Gasteiger partial charge in [-0.1, -0.05) is 0 Å². The Morgan fingerprint density at radius 1 is 0.973 bits per heavy atom. The normalized spacial score (nSPS) is 16.7. The molecule has 6 rings (SSSR count). The molecule has 4 aromatic rings. The van der Waals surface area contributed by atoms with Gasteiger partial charge in [0.25, 0.3) is 5.92 Å². The van der Waals surface area contributed by atoms with E-state index < -0.39 is 17.6 Å². The molecule has 0 bridgehead atoms. The van der Waals surface area contributed by atoms with Gasteiger partial charge in [0.05, 0.1) is 17.4 Å². The minimum absolute atomic E-state index is 0.0608. The van der Waals surface area contributed by atoms with Crippen LogP contribution < -0.4 is 0 Å². The first-order valence-electron chi connectivity index (χ1n) is 12.1. The number of halogens is 4. The van der Waals surface area contributed by atoms with Gasteiger partial charge in [-0.05, 0) is 51.3 Å². The third kappa shape index (κ3) is 6.85. The van der Waals surface area contributed by atoms with Crippen LogP contribution in [-0.4, -0.2) is 48.9 Å². The number of nitrogens with zero attached hydrogens (tertiary/aromatic N) is 6. The highest BCUT2D eigenvalue weighted by Crippen LogP contribution is 2.44. The van der Waals surface area contributed by atoms with E-state index in [0.29, 0.717) is 16.9 Å². The molecule has 11 heteroatoms. The van der Waals surface area contributed by atoms with Gasteiger partial charge < -0.3 is 4.74 Å². The molecule has 1 saturated heterocycles. The minimum atomic E-state index is -2.45. The van der Waals surface area contributed by atoms with Crippen LogP contribution in [0.25, 0.3) is 22.4 Å². The van der Waals surface area contributed by atoms with Crippen LogP contribution in [0.2, 0.25) is 0 Å². The summed E-state index contributed by atoms with van der Waals surface area (Å²) in [6, 6.07) is 5.00. The third-order valence-electron chi connectivity index (χ3n) is 6.11. The first kappa shape index (κ1) is 26.6. The molecule has 0 unspecified atom stereocenters. The lowest BCUT2D eigenvalue weighted by Gasteiger charge is -2.34. The molecule has 0 amide bonds. The van der Waals surface area contributed by atoms with Crippen molar-refractivity contribution in [3.8, 4) is 11.3 Å². The zero-order chi connectivity index (χ0) is 26.4. The third-order valence-corrected chi connectivity index (χ3v) is 6.11. The molecular weight excluding hydrogens is 488 g/mol. The van der Waals surface area contributed by atoms with Crippen LogP contribution in [0.15, 0.2) is 43.0 Å². The summed E-state index contributed by atoms with van der Waals surface area (Å²) in [6.45, 7) is 5.63. The molecule has 0 radical (unpaired) electrons. The number of fused-ring (bicyclic) bond motifs is 1. The second kappa shape index (κ2) is 11.7. The summed E-state index contributed by atoms with van der Waals surface area (Å²) in [4.78, 5) is 16.8. The minimum Gasteiger partial charge on any atom is -0.381 e. The number of aromatic nitrogens is 6. The molecule has 3 aromatic heterocycles. The van der Waals surface area contributed by atoms with E-state index in [9.17, 15) is 17.6 Å². The Bertz CT molecular complexity index is 1310. The average molecular weight is 517 g/mol. The van der Waals surface area contributed by atoms with Gasteiger partial charge in [0.2, 0.25) is 0 Å². The lowest BCUT2D eigenvalue weighted by Crippen LogP contribution is -2.37. The number of rotatable bonds is 2. The molecule has 1 aromatic carbocycles. The highest BCUT2D eigenvalue weighted by Gasteiger charge is 2.46. The fourth-order valence-corrected chi connectivity index (χ4v) is 3.92. The molecule has 0 N–H and O–H groups in total. The first-order chi connectivity index (χ1) is 17.7. The second-order valence-corrected chi connectivity index (χ2v) is 8.99. The summed E-state index contributed by atoms with van der Waals surface area (Å²) in [5, 5.41) is 3.89. The van der Waals surface area contributed by atoms with Crippen LogP contribution in [0.5, 0.6) is 0 Å². The lowest BCUT2D eigenvalue weighted by molar-refractivity contribution is -0.106. The van der Waals surface area contributed by atoms with Crippen molar-refractivity contribution in [2.24, 2.45) is 0 Å². The van der Waals surface area contributed by atoms with E-state index >= 15 is 0 Å². The molecular formula is C26H28F4N6O. The summed E-state index contributed by atoms with van der Waals surface area (Å²) in [5.41, 5.74) is 2.75. The molecule has 0 spiro atoms. The van der Waals surface area contributed by atoms with Gasteiger partial charge in [0.15, 0.2) is 5.65 Å². The van der Waals surface area contributed by atoms with Crippen molar-refractivity contribution in [1.82, 2.24) is 29.7 Å². The SMILES string of the molecule is C1CCOCC1.Cc1nc2ncnc(-c3ccc(F)cc3F)c2nc1C.FC1(F)CC(n2cccn2)C1. The van der Waals surface area contributed by atoms with Crippen molar-refractivity contribution < 1.29 is 22.3 Å². The highest BCUT2D eigenvalue weighted by molar-refractivity contribution is 5.86. The van der Waals surface area contributed by atoms with E-state index in [1.54, 1.807) is 30.1 Å². The molecule has 7 nitrogen and oxygen atoms in total. The molecule has 1 aliphatic carbocycles. The Labute approximate surface area is 212 Å². The van der Waals surface area contributed by atoms with E-state index in [1.165, 1.54) is 37.7 Å². The van der Waals surface area contributed by atoms with Gasteiger partial charge in [0, 0.05) is 50.1 Å². The number of aryl methyl sites for hydroxylation is 2. The number of hydrogen-bond acceptors (Lipinski definition) is 6. The Balaban J connectivity index is 0.000000156. The van der Waals surface area contributed by atoms with E-state index in [-0.39, 0.29) is 24.4 Å². The molecule has 4 heterocycles. The Hall–Kier alpha value is -3.47. The van der Waals surface area contributed by atoms with Gasteiger partial charge >= 0.3 is 0 Å². The zero-order valence-electron chi connectivity index (χ0n) is 20.7. The van der Waals surface area contributed by atoms with E-state index in [1.807, 2.05) is 6.92 Å². The smallest absolute Gasteiger partial charge is 0.252 e. The molecule has 0 atom stereocenters. The summed E-state index contributed by atoms with van der Waals surface area (Å²) in [5.74, 6) is -3.77. The van der Waals surface area contributed by atoms with Gasteiger partial charge in [-0.2, -0.15) is 5.10 Å². The number of ether oxygens (including phenoxy) is 1. The molecule has 37 heavy (non-hydrogen) atoms. The monoisotopic (exact) mass is 516 g/mol. The van der Waals surface area contributed by atoms with E-state index in [2.05, 4.69) is 25.0 Å². The van der Waals surface area contributed by atoms with Gasteiger partial charge in [0.1, 0.15) is 29.2 Å². The summed E-state index contributed by atoms with van der Waals surface area (Å²) in [7, 11) is 0. The Morgan fingerprint density at radius 2 is 1.70 bits per heavy atom.